The van der Waals surface area contributed by atoms with Crippen LogP contribution in [-0.4, -0.2) is 31.8 Å². The molecular weight excluding hydrogens is 281 g/mol. The first-order valence-electron chi connectivity index (χ1n) is 4.43. The molecule has 102 valence electrons. The maximum absolute atomic E-state index is 9.84. The molecule has 0 heterocycles. The standard InChI is InChI=1S/C4H8O3S.C4H6O2.C3H3N.Na/c1-4(2)3-8(5,6)7;1-3-4(5)6-2;1-2-3-4;/h1,3H2,2H3,(H,5,6,7);3H,1H2,2H3;2H,1H2;/q;;;+1/p-1. The van der Waals surface area contributed by atoms with Crippen molar-refractivity contribution in [2.45, 2.75) is 6.92 Å². The molecule has 0 aliphatic carbocycles. The number of ether oxygens (including phenoxy) is 1. The minimum absolute atomic E-state index is 0. The predicted octanol–water partition coefficient (Wildman–Crippen LogP) is -1.85. The van der Waals surface area contributed by atoms with E-state index in [0.717, 1.165) is 6.08 Å². The smallest absolute Gasteiger partial charge is 0.748 e. The Hall–Kier alpha value is -0.910. The summed E-state index contributed by atoms with van der Waals surface area (Å²) in [6.45, 7) is 11.0. The van der Waals surface area contributed by atoms with Gasteiger partial charge in [0.15, 0.2) is 0 Å². The minimum atomic E-state index is -4.07. The van der Waals surface area contributed by atoms with Gasteiger partial charge in [-0.25, -0.2) is 13.2 Å². The summed E-state index contributed by atoms with van der Waals surface area (Å²) in [6, 6.07) is 1.69. The van der Waals surface area contributed by atoms with Crippen LogP contribution in [0.25, 0.3) is 0 Å². The molecule has 0 aromatic carbocycles. The van der Waals surface area contributed by atoms with E-state index in [9.17, 15) is 17.8 Å². The van der Waals surface area contributed by atoms with Crippen LogP contribution in [0.1, 0.15) is 6.92 Å². The first-order valence-corrected chi connectivity index (χ1v) is 6.01. The van der Waals surface area contributed by atoms with Gasteiger partial charge in [-0.1, -0.05) is 25.3 Å². The number of nitrogens with zero attached hydrogens (tertiary/aromatic N) is 1. The van der Waals surface area contributed by atoms with Crippen molar-refractivity contribution in [2.24, 2.45) is 0 Å². The third-order valence-corrected chi connectivity index (χ3v) is 1.73. The Balaban J connectivity index is -0.0000000916. The summed E-state index contributed by atoms with van der Waals surface area (Å²) in [4.78, 5) is 9.84. The molecule has 0 fully saturated rings. The molecule has 0 aliphatic heterocycles. The molecule has 0 aromatic rings. The molecule has 0 rings (SSSR count). The summed E-state index contributed by atoms with van der Waals surface area (Å²) in [7, 11) is -2.76. The summed E-state index contributed by atoms with van der Waals surface area (Å²) in [5.41, 5.74) is 0.375. The molecule has 0 saturated carbocycles. The molecular formula is C11H16NNaO5S. The fourth-order valence-corrected chi connectivity index (χ4v) is 0.989. The molecule has 0 unspecified atom stereocenters. The maximum atomic E-state index is 9.84. The SMILES string of the molecule is C=C(C)CS(=O)(=O)[O-].C=CC#N.C=CC(=O)OC.[Na+]. The van der Waals surface area contributed by atoms with Crippen molar-refractivity contribution in [1.82, 2.24) is 0 Å². The summed E-state index contributed by atoms with van der Waals surface area (Å²) in [5, 5.41) is 7.51. The van der Waals surface area contributed by atoms with Gasteiger partial charge in [-0.05, 0) is 6.92 Å². The molecule has 8 heteroatoms. The molecule has 19 heavy (non-hydrogen) atoms. The van der Waals surface area contributed by atoms with Crippen LogP contribution in [0.3, 0.4) is 0 Å². The molecule has 0 radical (unpaired) electrons. The molecule has 0 bridgehead atoms. The van der Waals surface area contributed by atoms with E-state index in [1.165, 1.54) is 20.1 Å². The number of carbonyl (C=O) groups excluding carboxylic acids is 1. The second-order valence-corrected chi connectivity index (χ2v) is 4.12. The Kier molecular flexibility index (Phi) is 23.9. The van der Waals surface area contributed by atoms with E-state index in [2.05, 4.69) is 24.5 Å². The summed E-state index contributed by atoms with van der Waals surface area (Å²) < 4.78 is 33.6. The van der Waals surface area contributed by atoms with Crippen LogP contribution in [0.15, 0.2) is 37.5 Å². The first kappa shape index (κ1) is 26.6. The normalized spacial score (nSPS) is 7.68. The van der Waals surface area contributed by atoms with Crippen molar-refractivity contribution >= 4 is 16.1 Å². The van der Waals surface area contributed by atoms with E-state index in [1.807, 2.05) is 0 Å². The van der Waals surface area contributed by atoms with Gasteiger partial charge < -0.3 is 9.29 Å². The quantitative estimate of drug-likeness (QED) is 0.151. The predicted molar refractivity (Wildman–Crippen MR) is 67.4 cm³/mol. The van der Waals surface area contributed by atoms with Gasteiger partial charge in [-0.2, -0.15) is 5.26 Å². The van der Waals surface area contributed by atoms with Gasteiger partial charge >= 0.3 is 35.5 Å². The zero-order chi connectivity index (χ0) is 15.2. The first-order chi connectivity index (χ1) is 8.14. The Morgan fingerprint density at radius 2 is 1.84 bits per heavy atom. The van der Waals surface area contributed by atoms with Crippen LogP contribution in [-0.2, 0) is 19.6 Å². The van der Waals surface area contributed by atoms with E-state index >= 15 is 0 Å². The largest absolute Gasteiger partial charge is 1.00 e. The number of hydrogen-bond donors (Lipinski definition) is 0. The van der Waals surface area contributed by atoms with Crippen LogP contribution < -0.4 is 29.6 Å². The van der Waals surface area contributed by atoms with Crippen molar-refractivity contribution in [1.29, 1.82) is 5.26 Å². The van der Waals surface area contributed by atoms with Crippen molar-refractivity contribution in [3.63, 3.8) is 0 Å². The van der Waals surface area contributed by atoms with Gasteiger partial charge in [0.05, 0.1) is 29.0 Å². The Morgan fingerprint density at radius 1 is 1.47 bits per heavy atom. The average molecular weight is 297 g/mol. The number of hydrogen-bond acceptors (Lipinski definition) is 6. The van der Waals surface area contributed by atoms with Gasteiger partial charge in [-0.3, -0.25) is 0 Å². The third kappa shape index (κ3) is 47.1. The van der Waals surface area contributed by atoms with Gasteiger partial charge in [-0.15, -0.1) is 0 Å². The minimum Gasteiger partial charge on any atom is -0.748 e. The number of methoxy groups -OCH3 is 1. The molecule has 0 atom stereocenters. The number of carbonyl (C=O) groups is 1. The molecule has 0 saturated heterocycles. The van der Waals surface area contributed by atoms with Crippen LogP contribution in [0.2, 0.25) is 0 Å². The Morgan fingerprint density at radius 3 is 1.84 bits per heavy atom. The van der Waals surface area contributed by atoms with E-state index in [4.69, 9.17) is 5.26 Å². The topological polar surface area (TPSA) is 107 Å². The van der Waals surface area contributed by atoms with Crippen LogP contribution >= 0.6 is 0 Å². The monoisotopic (exact) mass is 297 g/mol. The van der Waals surface area contributed by atoms with E-state index < -0.39 is 21.8 Å². The Bertz CT molecular complexity index is 423. The maximum Gasteiger partial charge on any atom is 1.00 e. The zero-order valence-electron chi connectivity index (χ0n) is 11.4. The fraction of sp³-hybridized carbons (Fsp3) is 0.273. The van der Waals surface area contributed by atoms with Crippen molar-refractivity contribution in [3.05, 3.63) is 37.5 Å². The van der Waals surface area contributed by atoms with Crippen molar-refractivity contribution in [2.75, 3.05) is 12.9 Å². The second kappa shape index (κ2) is 17.1. The van der Waals surface area contributed by atoms with Gasteiger partial charge in [0.25, 0.3) is 0 Å². The van der Waals surface area contributed by atoms with Crippen molar-refractivity contribution in [3.8, 4) is 6.07 Å². The number of nitriles is 1. The summed E-state index contributed by atoms with van der Waals surface area (Å²) >= 11 is 0. The molecule has 0 aliphatic rings. The van der Waals surface area contributed by atoms with Gasteiger partial charge in [0.2, 0.25) is 0 Å². The van der Waals surface area contributed by atoms with E-state index in [1.54, 1.807) is 6.07 Å². The molecule has 0 N–H and O–H groups in total. The zero-order valence-corrected chi connectivity index (χ0v) is 14.2. The number of rotatable bonds is 3. The Labute approximate surface area is 136 Å². The van der Waals surface area contributed by atoms with Gasteiger partial charge in [0, 0.05) is 12.2 Å². The molecule has 0 aromatic heterocycles. The average Bonchev–Trinajstić information content (AvgIpc) is 2.25. The molecule has 6 nitrogen and oxygen atoms in total. The van der Waals surface area contributed by atoms with Crippen LogP contribution in [0, 0.1) is 11.3 Å². The van der Waals surface area contributed by atoms with Crippen LogP contribution in [0.4, 0.5) is 0 Å². The van der Waals surface area contributed by atoms with Gasteiger partial charge in [0.1, 0.15) is 0 Å². The second-order valence-electron chi connectivity index (χ2n) is 2.72. The van der Waals surface area contributed by atoms with E-state index in [0.29, 0.717) is 5.57 Å². The van der Waals surface area contributed by atoms with E-state index in [-0.39, 0.29) is 29.6 Å². The summed E-state index contributed by atoms with van der Waals surface area (Å²) in [5.74, 6) is -0.845. The molecule has 0 spiro atoms. The summed E-state index contributed by atoms with van der Waals surface area (Å²) in [6.07, 6.45) is 2.29. The molecule has 0 amide bonds. The van der Waals surface area contributed by atoms with Crippen molar-refractivity contribution < 1.29 is 52.1 Å². The third-order valence-electron chi connectivity index (χ3n) is 0.882. The number of esters is 1. The fourth-order valence-electron chi connectivity index (χ4n) is 0.385. The number of allylic oxidation sites excluding steroid dienone is 1. The van der Waals surface area contributed by atoms with Crippen LogP contribution in [0.5, 0.6) is 0 Å².